The Morgan fingerprint density at radius 1 is 0.674 bits per heavy atom. The SMILES string of the molecule is C=NOCc1ccccc1.COC(=O)C(CCc1ccccc1)CNOCc1ccccc1.COC(=O)CCCc1ccccc1. The monoisotopic (exact) mass is 626 g/mol. The molecule has 0 aliphatic heterocycles. The van der Waals surface area contributed by atoms with Gasteiger partial charge in [0.2, 0.25) is 0 Å². The topological polar surface area (TPSA) is 95.5 Å². The van der Waals surface area contributed by atoms with Gasteiger partial charge < -0.3 is 14.3 Å². The molecule has 0 amide bonds. The van der Waals surface area contributed by atoms with Crippen LogP contribution < -0.4 is 5.48 Å². The van der Waals surface area contributed by atoms with E-state index in [-0.39, 0.29) is 17.9 Å². The normalized spacial score (nSPS) is 10.6. The highest BCUT2D eigenvalue weighted by Crippen LogP contribution is 2.11. The molecule has 0 spiro atoms. The number of methoxy groups -OCH3 is 2. The van der Waals surface area contributed by atoms with E-state index in [9.17, 15) is 9.59 Å². The molecule has 0 fully saturated rings. The van der Waals surface area contributed by atoms with E-state index in [1.807, 2.05) is 97.1 Å². The lowest BCUT2D eigenvalue weighted by Gasteiger charge is -2.15. The third-order valence-electron chi connectivity index (χ3n) is 6.75. The molecule has 244 valence electrons. The number of oxime groups is 1. The number of nitrogens with zero attached hydrogens (tertiary/aromatic N) is 1. The second-order valence-electron chi connectivity index (χ2n) is 10.2. The second kappa shape index (κ2) is 24.5. The number of nitrogens with one attached hydrogen (secondary N) is 1. The van der Waals surface area contributed by atoms with Crippen LogP contribution in [-0.4, -0.2) is 39.4 Å². The van der Waals surface area contributed by atoms with Gasteiger partial charge in [-0.2, -0.15) is 0 Å². The molecule has 0 radical (unpaired) electrons. The van der Waals surface area contributed by atoms with Gasteiger partial charge >= 0.3 is 11.9 Å². The smallest absolute Gasteiger partial charge is 0.310 e. The highest BCUT2D eigenvalue weighted by Gasteiger charge is 2.19. The zero-order chi connectivity index (χ0) is 33.1. The van der Waals surface area contributed by atoms with Crippen LogP contribution in [0.3, 0.4) is 0 Å². The molecule has 1 unspecified atom stereocenters. The zero-order valence-corrected chi connectivity index (χ0v) is 26.9. The number of esters is 2. The number of aryl methyl sites for hydroxylation is 2. The van der Waals surface area contributed by atoms with Gasteiger partial charge in [-0.1, -0.05) is 121 Å². The first-order chi connectivity index (χ1) is 22.5. The van der Waals surface area contributed by atoms with E-state index < -0.39 is 0 Å². The predicted molar refractivity (Wildman–Crippen MR) is 182 cm³/mol. The zero-order valence-electron chi connectivity index (χ0n) is 26.9. The third kappa shape index (κ3) is 17.5. The van der Waals surface area contributed by atoms with Crippen molar-refractivity contribution >= 4 is 18.7 Å². The number of ether oxygens (including phenoxy) is 2. The van der Waals surface area contributed by atoms with Crippen molar-refractivity contribution < 1.29 is 28.7 Å². The lowest BCUT2D eigenvalue weighted by Crippen LogP contribution is -2.30. The molecule has 0 bridgehead atoms. The van der Waals surface area contributed by atoms with Crippen molar-refractivity contribution in [3.05, 3.63) is 144 Å². The third-order valence-corrected chi connectivity index (χ3v) is 6.75. The number of hydroxylamine groups is 1. The molecule has 8 nitrogen and oxygen atoms in total. The molecule has 1 N–H and O–H groups in total. The van der Waals surface area contributed by atoms with Gasteiger partial charge in [0.05, 0.1) is 26.7 Å². The first-order valence-corrected chi connectivity index (χ1v) is 15.3. The maximum absolute atomic E-state index is 11.9. The van der Waals surface area contributed by atoms with Crippen LogP contribution >= 0.6 is 0 Å². The molecule has 0 saturated carbocycles. The van der Waals surface area contributed by atoms with Crippen molar-refractivity contribution in [2.75, 3.05) is 20.8 Å². The van der Waals surface area contributed by atoms with Crippen molar-refractivity contribution in [2.45, 2.75) is 45.3 Å². The lowest BCUT2D eigenvalue weighted by molar-refractivity contribution is -0.146. The Morgan fingerprint density at radius 3 is 1.63 bits per heavy atom. The van der Waals surface area contributed by atoms with Gasteiger partial charge in [-0.05, 0) is 47.9 Å². The Labute approximate surface area is 273 Å². The van der Waals surface area contributed by atoms with Crippen LogP contribution in [0.4, 0.5) is 0 Å². The summed E-state index contributed by atoms with van der Waals surface area (Å²) >= 11 is 0. The van der Waals surface area contributed by atoms with Gasteiger partial charge in [-0.3, -0.25) is 14.4 Å². The average Bonchev–Trinajstić information content (AvgIpc) is 3.12. The van der Waals surface area contributed by atoms with Crippen molar-refractivity contribution in [1.82, 2.24) is 5.48 Å². The van der Waals surface area contributed by atoms with Gasteiger partial charge in [0, 0.05) is 19.7 Å². The minimum atomic E-state index is -0.226. The molecule has 0 aliphatic carbocycles. The summed E-state index contributed by atoms with van der Waals surface area (Å²) in [5.41, 5.74) is 7.56. The fourth-order valence-corrected chi connectivity index (χ4v) is 4.20. The Hall–Kier alpha value is -4.79. The molecule has 8 heteroatoms. The molecule has 0 heterocycles. The molecule has 1 atom stereocenters. The van der Waals surface area contributed by atoms with Crippen LogP contribution in [-0.2, 0) is 54.8 Å². The maximum Gasteiger partial charge on any atom is 0.310 e. The standard InChI is InChI=1S/C19H23NO3.C11H14O2.C8H9NO/c1-22-19(21)18(13-12-16-8-4-2-5-9-16)14-20-23-15-17-10-6-3-7-11-17;1-13-11(12)9-5-8-10-6-3-2-4-7-10;1-9-10-7-8-5-3-2-4-6-8/h2-11,18,20H,12-15H2,1H3;2-4,6-7H,5,8-9H2,1H3;2-6H,1,7H2. The summed E-state index contributed by atoms with van der Waals surface area (Å²) in [6.07, 6.45) is 3.86. The molecular formula is C38H46N2O6. The first-order valence-electron chi connectivity index (χ1n) is 15.3. The van der Waals surface area contributed by atoms with Crippen LogP contribution in [0.1, 0.15) is 41.5 Å². The van der Waals surface area contributed by atoms with Crippen molar-refractivity contribution in [3.8, 4) is 0 Å². The number of hydrogen-bond acceptors (Lipinski definition) is 8. The molecule has 0 saturated heterocycles. The van der Waals surface area contributed by atoms with E-state index in [2.05, 4.69) is 46.4 Å². The molecule has 4 rings (SSSR count). The molecule has 0 aromatic heterocycles. The summed E-state index contributed by atoms with van der Waals surface area (Å²) < 4.78 is 9.43. The van der Waals surface area contributed by atoms with Crippen LogP contribution in [0, 0.1) is 5.92 Å². The van der Waals surface area contributed by atoms with Crippen LogP contribution in [0.5, 0.6) is 0 Å². The molecule has 4 aromatic carbocycles. The van der Waals surface area contributed by atoms with Crippen molar-refractivity contribution in [3.63, 3.8) is 0 Å². The van der Waals surface area contributed by atoms with E-state index in [0.717, 1.165) is 36.8 Å². The maximum atomic E-state index is 11.9. The Kier molecular flexibility index (Phi) is 19.9. The van der Waals surface area contributed by atoms with Crippen molar-refractivity contribution in [1.29, 1.82) is 0 Å². The van der Waals surface area contributed by atoms with Crippen molar-refractivity contribution in [2.24, 2.45) is 11.1 Å². The fourth-order valence-electron chi connectivity index (χ4n) is 4.20. The van der Waals surface area contributed by atoms with E-state index in [4.69, 9.17) is 14.4 Å². The number of carbonyl (C=O) groups excluding carboxylic acids is 2. The quantitative estimate of drug-likeness (QED) is 0.0612. The summed E-state index contributed by atoms with van der Waals surface area (Å²) in [7, 11) is 2.84. The van der Waals surface area contributed by atoms with Crippen LogP contribution in [0.25, 0.3) is 0 Å². The van der Waals surface area contributed by atoms with E-state index in [0.29, 0.717) is 26.2 Å². The number of benzene rings is 4. The summed E-state index contributed by atoms with van der Waals surface area (Å²) in [4.78, 5) is 32.8. The number of carbonyl (C=O) groups is 2. The Balaban J connectivity index is 0.000000269. The van der Waals surface area contributed by atoms with E-state index in [1.54, 1.807) is 0 Å². The van der Waals surface area contributed by atoms with Crippen LogP contribution in [0.15, 0.2) is 126 Å². The largest absolute Gasteiger partial charge is 0.469 e. The molecule has 46 heavy (non-hydrogen) atoms. The van der Waals surface area contributed by atoms with E-state index in [1.165, 1.54) is 25.3 Å². The average molecular weight is 627 g/mol. The summed E-state index contributed by atoms with van der Waals surface area (Å²) in [5, 5.41) is 3.28. The van der Waals surface area contributed by atoms with Gasteiger partial charge in [-0.25, -0.2) is 5.48 Å². The number of rotatable bonds is 16. The van der Waals surface area contributed by atoms with Gasteiger partial charge in [0.15, 0.2) is 0 Å². The van der Waals surface area contributed by atoms with Gasteiger partial charge in [-0.15, -0.1) is 5.16 Å². The highest BCUT2D eigenvalue weighted by atomic mass is 16.6. The number of hydrogen-bond donors (Lipinski definition) is 1. The second-order valence-corrected chi connectivity index (χ2v) is 10.2. The first kappa shape index (κ1) is 37.4. The minimum Gasteiger partial charge on any atom is -0.469 e. The fraction of sp³-hybridized carbons (Fsp3) is 0.289. The molecule has 4 aromatic rings. The molecular weight excluding hydrogens is 580 g/mol. The van der Waals surface area contributed by atoms with Gasteiger partial charge in [0.1, 0.15) is 6.61 Å². The molecule has 0 aliphatic rings. The van der Waals surface area contributed by atoms with Gasteiger partial charge in [0.25, 0.3) is 0 Å². The summed E-state index contributed by atoms with van der Waals surface area (Å²) in [6, 6.07) is 40.0. The Morgan fingerprint density at radius 2 is 1.15 bits per heavy atom. The minimum absolute atomic E-state index is 0.129. The van der Waals surface area contributed by atoms with E-state index >= 15 is 0 Å². The lowest BCUT2D eigenvalue weighted by atomic mass is 10.00. The summed E-state index contributed by atoms with van der Waals surface area (Å²) in [5.74, 6) is -0.566. The predicted octanol–water partition coefficient (Wildman–Crippen LogP) is 7.13. The Bertz CT molecular complexity index is 1340. The van der Waals surface area contributed by atoms with Crippen LogP contribution in [0.2, 0.25) is 0 Å². The summed E-state index contributed by atoms with van der Waals surface area (Å²) in [6.45, 7) is 4.61. The highest BCUT2D eigenvalue weighted by molar-refractivity contribution is 5.72.